The van der Waals surface area contributed by atoms with Crippen LogP contribution in [0.4, 0.5) is 46.8 Å². The molecule has 11 heteroatoms. The Kier molecular flexibility index (Phi) is 7.83. The SMILES string of the molecule is CCN(CC)c1cc(C)nc(Nc2ccc(NC(=O)Nc3ccc(Cl)c(C(F)(F)F)c3)cc2)n1. The molecule has 0 spiro atoms. The van der Waals surface area contributed by atoms with Crippen LogP contribution in [-0.4, -0.2) is 29.1 Å². The molecule has 0 bridgehead atoms. The summed E-state index contributed by atoms with van der Waals surface area (Å²) in [6, 6.07) is 11.1. The Morgan fingerprint density at radius 2 is 1.53 bits per heavy atom. The number of amides is 2. The zero-order valence-corrected chi connectivity index (χ0v) is 19.6. The fourth-order valence-electron chi connectivity index (χ4n) is 3.20. The summed E-state index contributed by atoms with van der Waals surface area (Å²) in [5.74, 6) is 1.27. The van der Waals surface area contributed by atoms with Gasteiger partial charge in [-0.05, 0) is 63.2 Å². The van der Waals surface area contributed by atoms with E-state index in [9.17, 15) is 18.0 Å². The quantitative estimate of drug-likeness (QED) is 0.342. The van der Waals surface area contributed by atoms with Crippen molar-refractivity contribution in [1.82, 2.24) is 9.97 Å². The Labute approximate surface area is 200 Å². The summed E-state index contributed by atoms with van der Waals surface area (Å²) in [4.78, 5) is 23.3. The number of anilines is 5. The van der Waals surface area contributed by atoms with Crippen molar-refractivity contribution in [3.8, 4) is 0 Å². The molecule has 0 fully saturated rings. The number of urea groups is 1. The highest BCUT2D eigenvalue weighted by Crippen LogP contribution is 2.36. The normalized spacial score (nSPS) is 11.1. The maximum Gasteiger partial charge on any atom is 0.417 e. The second-order valence-corrected chi connectivity index (χ2v) is 7.74. The Balaban J connectivity index is 1.65. The van der Waals surface area contributed by atoms with Gasteiger partial charge in [0.2, 0.25) is 5.95 Å². The average Bonchev–Trinajstić information content (AvgIpc) is 2.76. The van der Waals surface area contributed by atoms with Crippen LogP contribution in [0, 0.1) is 6.92 Å². The Morgan fingerprint density at radius 1 is 0.941 bits per heavy atom. The molecule has 3 rings (SSSR count). The average molecular weight is 493 g/mol. The van der Waals surface area contributed by atoms with Gasteiger partial charge in [0.15, 0.2) is 0 Å². The number of nitrogens with one attached hydrogen (secondary N) is 3. The van der Waals surface area contributed by atoms with Crippen molar-refractivity contribution >= 4 is 46.5 Å². The van der Waals surface area contributed by atoms with Crippen LogP contribution >= 0.6 is 11.6 Å². The predicted molar refractivity (Wildman–Crippen MR) is 129 cm³/mol. The number of hydrogen-bond acceptors (Lipinski definition) is 5. The second-order valence-electron chi connectivity index (χ2n) is 7.34. The van der Waals surface area contributed by atoms with Crippen molar-refractivity contribution in [2.45, 2.75) is 26.9 Å². The van der Waals surface area contributed by atoms with Gasteiger partial charge in [-0.1, -0.05) is 11.6 Å². The van der Waals surface area contributed by atoms with Crippen LogP contribution in [-0.2, 0) is 6.18 Å². The number of alkyl halides is 3. The van der Waals surface area contributed by atoms with Crippen molar-refractivity contribution in [3.63, 3.8) is 0 Å². The maximum absolute atomic E-state index is 13.0. The van der Waals surface area contributed by atoms with Crippen LogP contribution in [0.2, 0.25) is 5.02 Å². The Bertz CT molecular complexity index is 1150. The van der Waals surface area contributed by atoms with E-state index < -0.39 is 22.8 Å². The van der Waals surface area contributed by atoms with Crippen LogP contribution in [0.15, 0.2) is 48.5 Å². The topological polar surface area (TPSA) is 82.2 Å². The first kappa shape index (κ1) is 25.1. The summed E-state index contributed by atoms with van der Waals surface area (Å²) in [5, 5.41) is 7.64. The van der Waals surface area contributed by atoms with Gasteiger partial charge in [0, 0.05) is 41.9 Å². The third-order valence-electron chi connectivity index (χ3n) is 4.86. The van der Waals surface area contributed by atoms with Crippen molar-refractivity contribution in [2.75, 3.05) is 33.9 Å². The highest BCUT2D eigenvalue weighted by molar-refractivity contribution is 6.31. The summed E-state index contributed by atoms with van der Waals surface area (Å²) in [7, 11) is 0. The lowest BCUT2D eigenvalue weighted by molar-refractivity contribution is -0.137. The second kappa shape index (κ2) is 10.6. The number of benzene rings is 2. The number of carbonyl (C=O) groups is 1. The fraction of sp³-hybridized carbons (Fsp3) is 0.261. The number of aromatic nitrogens is 2. The maximum atomic E-state index is 13.0. The lowest BCUT2D eigenvalue weighted by atomic mass is 10.2. The number of carbonyl (C=O) groups excluding carboxylic acids is 1. The zero-order chi connectivity index (χ0) is 24.9. The molecule has 0 aliphatic rings. The monoisotopic (exact) mass is 492 g/mol. The van der Waals surface area contributed by atoms with Crippen LogP contribution in [0.5, 0.6) is 0 Å². The van der Waals surface area contributed by atoms with Gasteiger partial charge in [-0.25, -0.2) is 9.78 Å². The molecule has 2 amide bonds. The minimum Gasteiger partial charge on any atom is -0.357 e. The van der Waals surface area contributed by atoms with Crippen molar-refractivity contribution in [2.24, 2.45) is 0 Å². The fourth-order valence-corrected chi connectivity index (χ4v) is 3.42. The number of rotatable bonds is 7. The predicted octanol–water partition coefficient (Wildman–Crippen LogP) is 6.69. The van der Waals surface area contributed by atoms with E-state index in [2.05, 4.69) is 44.7 Å². The van der Waals surface area contributed by atoms with E-state index in [0.717, 1.165) is 36.7 Å². The number of aryl methyl sites for hydroxylation is 1. The molecule has 0 radical (unpaired) electrons. The Hall–Kier alpha value is -3.53. The van der Waals surface area contributed by atoms with E-state index in [-0.39, 0.29) is 5.69 Å². The minimum atomic E-state index is -4.62. The third kappa shape index (κ3) is 6.50. The number of nitrogens with zero attached hydrogens (tertiary/aromatic N) is 3. The molecule has 0 aliphatic heterocycles. The first-order chi connectivity index (χ1) is 16.1. The van der Waals surface area contributed by atoms with E-state index in [1.54, 1.807) is 24.3 Å². The van der Waals surface area contributed by atoms with Gasteiger partial charge in [-0.15, -0.1) is 0 Å². The molecule has 0 saturated carbocycles. The van der Waals surface area contributed by atoms with Crippen LogP contribution < -0.4 is 20.9 Å². The summed E-state index contributed by atoms with van der Waals surface area (Å²) in [6.07, 6.45) is -4.62. The van der Waals surface area contributed by atoms with Crippen LogP contribution in [0.1, 0.15) is 25.1 Å². The van der Waals surface area contributed by atoms with Crippen LogP contribution in [0.3, 0.4) is 0 Å². The highest BCUT2D eigenvalue weighted by atomic mass is 35.5. The van der Waals surface area contributed by atoms with Gasteiger partial charge in [0.05, 0.1) is 10.6 Å². The largest absolute Gasteiger partial charge is 0.417 e. The molecule has 0 atom stereocenters. The number of hydrogen-bond donors (Lipinski definition) is 3. The van der Waals surface area contributed by atoms with E-state index in [1.807, 2.05) is 13.0 Å². The van der Waals surface area contributed by atoms with Crippen LogP contribution in [0.25, 0.3) is 0 Å². The standard InChI is InChI=1S/C23H24ClF3N6O/c1-4-33(5-2)20-12-14(3)28-21(32-20)29-15-6-8-16(9-7-15)30-22(34)31-17-10-11-19(24)18(13-17)23(25,26)27/h6-13H,4-5H2,1-3H3,(H,28,29,32)(H2,30,31,34). The molecule has 0 aliphatic carbocycles. The molecule has 7 nitrogen and oxygen atoms in total. The summed E-state index contributed by atoms with van der Waals surface area (Å²) < 4.78 is 39.0. The van der Waals surface area contributed by atoms with E-state index in [4.69, 9.17) is 11.6 Å². The molecule has 3 aromatic rings. The smallest absolute Gasteiger partial charge is 0.357 e. The number of halogens is 4. The van der Waals surface area contributed by atoms with Gasteiger partial charge < -0.3 is 20.9 Å². The molecule has 0 saturated heterocycles. The molecule has 180 valence electrons. The van der Waals surface area contributed by atoms with Crippen molar-refractivity contribution < 1.29 is 18.0 Å². The van der Waals surface area contributed by atoms with Gasteiger partial charge in [0.1, 0.15) is 5.82 Å². The molecular formula is C23H24ClF3N6O. The first-order valence-corrected chi connectivity index (χ1v) is 10.9. The lowest BCUT2D eigenvalue weighted by Crippen LogP contribution is -2.23. The van der Waals surface area contributed by atoms with Crippen molar-refractivity contribution in [1.29, 1.82) is 0 Å². The molecule has 1 aromatic heterocycles. The van der Waals surface area contributed by atoms with Gasteiger partial charge >= 0.3 is 12.2 Å². The molecule has 34 heavy (non-hydrogen) atoms. The van der Waals surface area contributed by atoms with Crippen molar-refractivity contribution in [3.05, 3.63) is 64.8 Å². The van der Waals surface area contributed by atoms with E-state index >= 15 is 0 Å². The molecule has 3 N–H and O–H groups in total. The zero-order valence-electron chi connectivity index (χ0n) is 18.8. The molecular weight excluding hydrogens is 469 g/mol. The Morgan fingerprint density at radius 3 is 2.15 bits per heavy atom. The summed E-state index contributed by atoms with van der Waals surface area (Å²) >= 11 is 5.60. The van der Waals surface area contributed by atoms with Gasteiger partial charge in [-0.2, -0.15) is 18.2 Å². The van der Waals surface area contributed by atoms with Gasteiger partial charge in [0.25, 0.3) is 0 Å². The van der Waals surface area contributed by atoms with E-state index in [1.165, 1.54) is 6.07 Å². The third-order valence-corrected chi connectivity index (χ3v) is 5.19. The minimum absolute atomic E-state index is 0.0342. The summed E-state index contributed by atoms with van der Waals surface area (Å²) in [5.41, 5.74) is 0.917. The van der Waals surface area contributed by atoms with E-state index in [0.29, 0.717) is 17.3 Å². The van der Waals surface area contributed by atoms with Gasteiger partial charge in [-0.3, -0.25) is 0 Å². The molecule has 2 aromatic carbocycles. The highest BCUT2D eigenvalue weighted by Gasteiger charge is 2.33. The first-order valence-electron chi connectivity index (χ1n) is 10.5. The molecule has 0 unspecified atom stereocenters. The summed E-state index contributed by atoms with van der Waals surface area (Å²) in [6.45, 7) is 7.64. The lowest BCUT2D eigenvalue weighted by Gasteiger charge is -2.20. The molecule has 1 heterocycles.